The summed E-state index contributed by atoms with van der Waals surface area (Å²) in [4.78, 5) is 48.0. The Labute approximate surface area is 227 Å². The number of hydrogen-bond donors (Lipinski definition) is 1. The number of likely N-dealkylation sites (tertiary alicyclic amines) is 1. The van der Waals surface area contributed by atoms with Crippen LogP contribution in [0.5, 0.6) is 0 Å². The molecule has 2 bridgehead atoms. The van der Waals surface area contributed by atoms with Crippen molar-refractivity contribution in [2.75, 3.05) is 32.8 Å². The zero-order chi connectivity index (χ0) is 27.3. The van der Waals surface area contributed by atoms with Gasteiger partial charge in [-0.2, -0.15) is 0 Å². The van der Waals surface area contributed by atoms with Crippen LogP contribution in [0.4, 0.5) is 0 Å². The van der Waals surface area contributed by atoms with Crippen LogP contribution in [0.3, 0.4) is 0 Å². The lowest BCUT2D eigenvalue weighted by Crippen LogP contribution is -2.58. The van der Waals surface area contributed by atoms with Gasteiger partial charge in [0, 0.05) is 31.4 Å². The van der Waals surface area contributed by atoms with Crippen LogP contribution >= 0.6 is 11.8 Å². The molecular weight excluding hydrogens is 486 g/mol. The molecule has 0 aromatic heterocycles. The van der Waals surface area contributed by atoms with Crippen molar-refractivity contribution >= 4 is 29.5 Å². The van der Waals surface area contributed by atoms with E-state index in [1.807, 2.05) is 30.6 Å². The minimum Gasteiger partial charge on any atom is -0.394 e. The second-order valence-electron chi connectivity index (χ2n) is 10.9. The highest BCUT2D eigenvalue weighted by Crippen LogP contribution is 2.67. The summed E-state index contributed by atoms with van der Waals surface area (Å²) in [6, 6.07) is -1.14. The van der Waals surface area contributed by atoms with Gasteiger partial charge in [-0.3, -0.25) is 14.4 Å². The van der Waals surface area contributed by atoms with Crippen LogP contribution in [-0.4, -0.2) is 92.4 Å². The number of carbonyl (C=O) groups excluding carboxylic acids is 3. The van der Waals surface area contributed by atoms with Gasteiger partial charge in [-0.25, -0.2) is 0 Å². The summed E-state index contributed by atoms with van der Waals surface area (Å²) in [6.07, 6.45) is 8.47. The van der Waals surface area contributed by atoms with Gasteiger partial charge in [0.1, 0.15) is 6.04 Å². The van der Waals surface area contributed by atoms with E-state index < -0.39 is 28.7 Å². The Balaban J connectivity index is 2.10. The van der Waals surface area contributed by atoms with Gasteiger partial charge in [0.05, 0.1) is 29.2 Å². The third-order valence-corrected chi connectivity index (χ3v) is 10.7. The van der Waals surface area contributed by atoms with Gasteiger partial charge in [-0.05, 0) is 31.6 Å². The first kappa shape index (κ1) is 29.8. The maximum atomic E-state index is 14.4. The summed E-state index contributed by atoms with van der Waals surface area (Å²) < 4.78 is -0.641. The summed E-state index contributed by atoms with van der Waals surface area (Å²) in [7, 11) is 0. The van der Waals surface area contributed by atoms with Crippen LogP contribution in [0.2, 0.25) is 0 Å². The van der Waals surface area contributed by atoms with Crippen LogP contribution in [0.1, 0.15) is 66.2 Å². The minimum absolute atomic E-state index is 0.00485. The maximum Gasteiger partial charge on any atom is 0.247 e. The van der Waals surface area contributed by atoms with Gasteiger partial charge in [0.2, 0.25) is 17.7 Å². The van der Waals surface area contributed by atoms with E-state index in [0.29, 0.717) is 26.2 Å². The molecule has 37 heavy (non-hydrogen) atoms. The lowest BCUT2D eigenvalue weighted by atomic mass is 9.70. The number of thioether (sulfide) groups is 1. The Hall–Kier alpha value is -1.80. The molecule has 3 aliphatic heterocycles. The SMILES string of the molecule is C=CCN(CCCC)C(=O)C1N([C@@H](CO)[C@@H](C)CC)C(=O)[C@@H]2[C@H](C(=O)N(CC=C)CCC)[C@@H]3CCC12S3. The highest BCUT2D eigenvalue weighted by atomic mass is 32.2. The van der Waals surface area contributed by atoms with Crippen molar-refractivity contribution in [2.24, 2.45) is 17.8 Å². The van der Waals surface area contributed by atoms with E-state index in [1.54, 1.807) is 28.8 Å². The largest absolute Gasteiger partial charge is 0.394 e. The van der Waals surface area contributed by atoms with Crippen molar-refractivity contribution in [1.82, 2.24) is 14.7 Å². The quantitative estimate of drug-likeness (QED) is 0.325. The van der Waals surface area contributed by atoms with Gasteiger partial charge in [0.15, 0.2) is 0 Å². The summed E-state index contributed by atoms with van der Waals surface area (Å²) in [5.74, 6) is -1.16. The van der Waals surface area contributed by atoms with Crippen LogP contribution in [0, 0.1) is 17.8 Å². The van der Waals surface area contributed by atoms with Gasteiger partial charge >= 0.3 is 0 Å². The summed E-state index contributed by atoms with van der Waals surface area (Å²) >= 11 is 1.70. The fourth-order valence-electron chi connectivity index (χ4n) is 6.72. The van der Waals surface area contributed by atoms with Crippen molar-refractivity contribution in [3.63, 3.8) is 0 Å². The molecule has 3 rings (SSSR count). The molecule has 208 valence electrons. The molecular formula is C29H47N3O4S. The Bertz CT molecular complexity index is 866. The van der Waals surface area contributed by atoms with Crippen molar-refractivity contribution in [3.05, 3.63) is 25.3 Å². The molecule has 2 unspecified atom stereocenters. The topological polar surface area (TPSA) is 81.2 Å². The van der Waals surface area contributed by atoms with E-state index in [-0.39, 0.29) is 35.5 Å². The van der Waals surface area contributed by atoms with E-state index in [1.165, 1.54) is 0 Å². The molecule has 0 aromatic carbocycles. The number of hydrogen-bond acceptors (Lipinski definition) is 5. The third kappa shape index (κ3) is 5.25. The minimum atomic E-state index is -0.681. The van der Waals surface area contributed by atoms with Crippen molar-refractivity contribution in [2.45, 2.75) is 88.3 Å². The number of aliphatic hydroxyl groups is 1. The predicted octanol–water partition coefficient (Wildman–Crippen LogP) is 3.72. The molecule has 7 atom stereocenters. The van der Waals surface area contributed by atoms with E-state index >= 15 is 0 Å². The highest BCUT2D eigenvalue weighted by Gasteiger charge is 2.74. The van der Waals surface area contributed by atoms with Gasteiger partial charge in [-0.15, -0.1) is 24.9 Å². The molecule has 8 heteroatoms. The average molecular weight is 534 g/mol. The normalized spacial score (nSPS) is 29.6. The lowest BCUT2D eigenvalue weighted by molar-refractivity contribution is -0.148. The molecule has 3 aliphatic rings. The Morgan fingerprint density at radius 3 is 2.32 bits per heavy atom. The van der Waals surface area contributed by atoms with Crippen molar-refractivity contribution < 1.29 is 19.5 Å². The van der Waals surface area contributed by atoms with Gasteiger partial charge in [0.25, 0.3) is 0 Å². The molecule has 3 heterocycles. The van der Waals surface area contributed by atoms with Gasteiger partial charge in [-0.1, -0.05) is 52.7 Å². The van der Waals surface area contributed by atoms with Crippen molar-refractivity contribution in [3.8, 4) is 0 Å². The lowest BCUT2D eigenvalue weighted by Gasteiger charge is -2.41. The first-order chi connectivity index (χ1) is 17.8. The molecule has 0 aliphatic carbocycles. The number of aliphatic hydroxyl groups excluding tert-OH is 1. The number of carbonyl (C=O) groups is 3. The molecule has 3 amide bonds. The van der Waals surface area contributed by atoms with E-state index in [9.17, 15) is 19.5 Å². The number of unbranched alkanes of at least 4 members (excludes halogenated alkanes) is 1. The zero-order valence-corrected chi connectivity index (χ0v) is 24.0. The van der Waals surface area contributed by atoms with Gasteiger partial charge < -0.3 is 19.8 Å². The Morgan fingerprint density at radius 2 is 1.78 bits per heavy atom. The third-order valence-electron chi connectivity index (χ3n) is 8.70. The molecule has 3 fully saturated rings. The summed E-state index contributed by atoms with van der Waals surface area (Å²) in [5.41, 5.74) is 0. The predicted molar refractivity (Wildman–Crippen MR) is 150 cm³/mol. The fraction of sp³-hybridized carbons (Fsp3) is 0.759. The van der Waals surface area contributed by atoms with E-state index in [4.69, 9.17) is 0 Å². The first-order valence-electron chi connectivity index (χ1n) is 14.2. The number of nitrogens with zero attached hydrogens (tertiary/aromatic N) is 3. The van der Waals surface area contributed by atoms with E-state index in [2.05, 4.69) is 20.1 Å². The monoisotopic (exact) mass is 533 g/mol. The number of amides is 3. The molecule has 1 spiro atoms. The average Bonchev–Trinajstić information content (AvgIpc) is 3.53. The molecule has 0 aromatic rings. The molecule has 1 N–H and O–H groups in total. The second kappa shape index (κ2) is 12.8. The molecule has 3 saturated heterocycles. The Morgan fingerprint density at radius 1 is 1.14 bits per heavy atom. The highest BCUT2D eigenvalue weighted by molar-refractivity contribution is 8.02. The molecule has 0 saturated carbocycles. The van der Waals surface area contributed by atoms with Crippen LogP contribution in [0.25, 0.3) is 0 Å². The fourth-order valence-corrected chi connectivity index (χ4v) is 8.91. The van der Waals surface area contributed by atoms with Crippen LogP contribution < -0.4 is 0 Å². The maximum absolute atomic E-state index is 14.4. The molecule has 7 nitrogen and oxygen atoms in total. The van der Waals surface area contributed by atoms with Crippen LogP contribution in [-0.2, 0) is 14.4 Å². The number of rotatable bonds is 15. The standard InChI is InChI=1S/C29H47N3O4S/c1-7-12-18-31(17-10-4)28(36)25-29-14-13-22(37-29)23(26(34)30(15-8-2)16-9-3)24(29)27(35)32(25)21(19-33)20(6)11-5/h8,10,20-25,33H,2,4,7,9,11-19H2,1,3,5-6H3/t20-,21-,22-,23+,24-,25?,29?/m0/s1. The summed E-state index contributed by atoms with van der Waals surface area (Å²) in [5, 5.41) is 10.5. The Kier molecular flexibility index (Phi) is 10.3. The zero-order valence-electron chi connectivity index (χ0n) is 23.2. The van der Waals surface area contributed by atoms with E-state index in [0.717, 1.165) is 38.5 Å². The second-order valence-corrected chi connectivity index (χ2v) is 12.5. The smallest absolute Gasteiger partial charge is 0.247 e. The van der Waals surface area contributed by atoms with Crippen LogP contribution in [0.15, 0.2) is 25.3 Å². The van der Waals surface area contributed by atoms with Crippen molar-refractivity contribution in [1.29, 1.82) is 0 Å². The first-order valence-corrected chi connectivity index (χ1v) is 15.1. The number of fused-ring (bicyclic) bond motifs is 1. The summed E-state index contributed by atoms with van der Waals surface area (Å²) in [6.45, 7) is 17.8. The molecule has 0 radical (unpaired) electrons.